The summed E-state index contributed by atoms with van der Waals surface area (Å²) in [6.45, 7) is 4.07. The molecule has 0 saturated heterocycles. The van der Waals surface area contributed by atoms with Crippen molar-refractivity contribution >= 4 is 5.97 Å². The van der Waals surface area contributed by atoms with E-state index in [9.17, 15) is 9.18 Å². The van der Waals surface area contributed by atoms with Gasteiger partial charge in [-0.2, -0.15) is 0 Å². The SMILES string of the molecule is Cc1ccc(-c2ccc(OC(=O)c3cccc(F)c3)nn2)cc1C. The van der Waals surface area contributed by atoms with Gasteiger partial charge in [-0.1, -0.05) is 18.2 Å². The van der Waals surface area contributed by atoms with E-state index in [-0.39, 0.29) is 11.4 Å². The highest BCUT2D eigenvalue weighted by molar-refractivity contribution is 5.90. The maximum atomic E-state index is 13.1. The summed E-state index contributed by atoms with van der Waals surface area (Å²) in [4.78, 5) is 11.9. The third-order valence-corrected chi connectivity index (χ3v) is 3.70. The van der Waals surface area contributed by atoms with E-state index >= 15 is 0 Å². The zero-order valence-corrected chi connectivity index (χ0v) is 13.3. The lowest BCUT2D eigenvalue weighted by molar-refractivity contribution is 0.0725. The molecule has 0 unspecified atom stereocenters. The van der Waals surface area contributed by atoms with Gasteiger partial charge in [0.1, 0.15) is 5.82 Å². The fourth-order valence-corrected chi connectivity index (χ4v) is 2.20. The summed E-state index contributed by atoms with van der Waals surface area (Å²) in [6.07, 6.45) is 0. The summed E-state index contributed by atoms with van der Waals surface area (Å²) in [6, 6.07) is 14.6. The van der Waals surface area contributed by atoms with E-state index in [0.717, 1.165) is 17.2 Å². The van der Waals surface area contributed by atoms with Crippen LogP contribution in [0.25, 0.3) is 11.3 Å². The van der Waals surface area contributed by atoms with Gasteiger partial charge in [0.15, 0.2) is 0 Å². The predicted octanol–water partition coefficient (Wildman–Crippen LogP) is 4.12. The van der Waals surface area contributed by atoms with Crippen molar-refractivity contribution in [3.63, 3.8) is 0 Å². The number of esters is 1. The van der Waals surface area contributed by atoms with Crippen LogP contribution < -0.4 is 4.74 Å². The molecule has 5 heteroatoms. The number of carbonyl (C=O) groups is 1. The van der Waals surface area contributed by atoms with Crippen LogP contribution in [0.2, 0.25) is 0 Å². The minimum absolute atomic E-state index is 0.0665. The first-order valence-corrected chi connectivity index (χ1v) is 7.42. The Morgan fingerprint density at radius 1 is 0.958 bits per heavy atom. The summed E-state index contributed by atoms with van der Waals surface area (Å²) in [5.41, 5.74) is 4.11. The van der Waals surface area contributed by atoms with Gasteiger partial charge < -0.3 is 4.74 Å². The van der Waals surface area contributed by atoms with Crippen LogP contribution in [0.1, 0.15) is 21.5 Å². The minimum atomic E-state index is -0.678. The molecule has 0 spiro atoms. The van der Waals surface area contributed by atoms with Crippen molar-refractivity contribution in [2.75, 3.05) is 0 Å². The Bertz CT molecular complexity index is 892. The van der Waals surface area contributed by atoms with Gasteiger partial charge in [-0.25, -0.2) is 9.18 Å². The van der Waals surface area contributed by atoms with Crippen LogP contribution in [-0.2, 0) is 0 Å². The van der Waals surface area contributed by atoms with Crippen molar-refractivity contribution in [3.8, 4) is 17.1 Å². The molecule has 0 aliphatic rings. The zero-order valence-electron chi connectivity index (χ0n) is 13.3. The van der Waals surface area contributed by atoms with Crippen LogP contribution in [0, 0.1) is 19.7 Å². The number of aromatic nitrogens is 2. The second-order valence-corrected chi connectivity index (χ2v) is 5.46. The van der Waals surface area contributed by atoms with Crippen molar-refractivity contribution < 1.29 is 13.9 Å². The fourth-order valence-electron chi connectivity index (χ4n) is 2.20. The van der Waals surface area contributed by atoms with Gasteiger partial charge in [0.2, 0.25) is 5.88 Å². The van der Waals surface area contributed by atoms with Crippen molar-refractivity contribution in [1.82, 2.24) is 10.2 Å². The zero-order chi connectivity index (χ0) is 17.1. The Kier molecular flexibility index (Phi) is 4.33. The maximum Gasteiger partial charge on any atom is 0.345 e. The Morgan fingerprint density at radius 2 is 1.79 bits per heavy atom. The average Bonchev–Trinajstić information content (AvgIpc) is 2.58. The van der Waals surface area contributed by atoms with E-state index < -0.39 is 11.8 Å². The van der Waals surface area contributed by atoms with E-state index in [4.69, 9.17) is 4.74 Å². The smallest absolute Gasteiger partial charge is 0.345 e. The predicted molar refractivity (Wildman–Crippen MR) is 88.3 cm³/mol. The number of benzene rings is 2. The van der Waals surface area contributed by atoms with Crippen LogP contribution in [-0.4, -0.2) is 16.2 Å². The molecule has 0 aliphatic heterocycles. The normalized spacial score (nSPS) is 10.5. The quantitative estimate of drug-likeness (QED) is 0.681. The fraction of sp³-hybridized carbons (Fsp3) is 0.105. The topological polar surface area (TPSA) is 52.1 Å². The molecule has 1 aromatic heterocycles. The van der Waals surface area contributed by atoms with E-state index in [1.807, 2.05) is 32.0 Å². The molecule has 3 aromatic rings. The van der Waals surface area contributed by atoms with Gasteiger partial charge in [-0.15, -0.1) is 10.2 Å². The number of carbonyl (C=O) groups excluding carboxylic acids is 1. The second-order valence-electron chi connectivity index (χ2n) is 5.46. The Balaban J connectivity index is 1.77. The largest absolute Gasteiger partial charge is 0.402 e. The first kappa shape index (κ1) is 15.8. The number of nitrogens with zero attached hydrogens (tertiary/aromatic N) is 2. The number of rotatable bonds is 3. The molecule has 0 N–H and O–H groups in total. The van der Waals surface area contributed by atoms with Gasteiger partial charge in [-0.05, 0) is 55.3 Å². The van der Waals surface area contributed by atoms with Gasteiger partial charge in [0, 0.05) is 11.6 Å². The number of hydrogen-bond donors (Lipinski definition) is 0. The Morgan fingerprint density at radius 3 is 2.46 bits per heavy atom. The van der Waals surface area contributed by atoms with E-state index in [1.165, 1.54) is 23.8 Å². The molecule has 0 radical (unpaired) electrons. The molecule has 0 bridgehead atoms. The Labute approximate surface area is 138 Å². The molecular weight excluding hydrogens is 307 g/mol. The minimum Gasteiger partial charge on any atom is -0.402 e. The van der Waals surface area contributed by atoms with Crippen LogP contribution in [0.5, 0.6) is 5.88 Å². The molecule has 1 heterocycles. The van der Waals surface area contributed by atoms with Gasteiger partial charge >= 0.3 is 5.97 Å². The number of ether oxygens (including phenoxy) is 1. The van der Waals surface area contributed by atoms with Crippen molar-refractivity contribution in [3.05, 3.63) is 77.1 Å². The van der Waals surface area contributed by atoms with Gasteiger partial charge in [0.05, 0.1) is 11.3 Å². The summed E-state index contributed by atoms with van der Waals surface area (Å²) in [5.74, 6) is -1.11. The molecule has 0 atom stereocenters. The lowest BCUT2D eigenvalue weighted by atomic mass is 10.0. The average molecular weight is 322 g/mol. The molecular formula is C19H15FN2O2. The molecule has 120 valence electrons. The lowest BCUT2D eigenvalue weighted by Gasteiger charge is -2.06. The molecule has 2 aromatic carbocycles. The summed E-state index contributed by atoms with van der Waals surface area (Å²) in [7, 11) is 0. The molecule has 3 rings (SSSR count). The van der Waals surface area contributed by atoms with Crippen LogP contribution >= 0.6 is 0 Å². The number of aryl methyl sites for hydroxylation is 2. The van der Waals surface area contributed by atoms with Crippen molar-refractivity contribution in [2.45, 2.75) is 13.8 Å². The first-order chi connectivity index (χ1) is 11.5. The number of halogens is 1. The maximum absolute atomic E-state index is 13.1. The third kappa shape index (κ3) is 3.46. The highest BCUT2D eigenvalue weighted by Gasteiger charge is 2.11. The standard InChI is InChI=1S/C19H15FN2O2/c1-12-6-7-14(10-13(12)2)17-8-9-18(22-21-17)24-19(23)15-4-3-5-16(20)11-15/h3-11H,1-2H3. The van der Waals surface area contributed by atoms with E-state index in [0.29, 0.717) is 5.69 Å². The van der Waals surface area contributed by atoms with E-state index in [1.54, 1.807) is 12.1 Å². The monoisotopic (exact) mass is 322 g/mol. The molecule has 4 nitrogen and oxygen atoms in total. The van der Waals surface area contributed by atoms with E-state index in [2.05, 4.69) is 10.2 Å². The van der Waals surface area contributed by atoms with Gasteiger partial charge in [-0.3, -0.25) is 0 Å². The van der Waals surface area contributed by atoms with Crippen LogP contribution in [0.4, 0.5) is 4.39 Å². The summed E-state index contributed by atoms with van der Waals surface area (Å²) < 4.78 is 18.2. The molecule has 0 aliphatic carbocycles. The summed E-state index contributed by atoms with van der Waals surface area (Å²) >= 11 is 0. The first-order valence-electron chi connectivity index (χ1n) is 7.42. The molecule has 0 amide bonds. The van der Waals surface area contributed by atoms with Crippen molar-refractivity contribution in [1.29, 1.82) is 0 Å². The van der Waals surface area contributed by atoms with Crippen LogP contribution in [0.3, 0.4) is 0 Å². The summed E-state index contributed by atoms with van der Waals surface area (Å²) in [5, 5.41) is 7.99. The number of hydrogen-bond acceptors (Lipinski definition) is 4. The second kappa shape index (κ2) is 6.58. The van der Waals surface area contributed by atoms with Gasteiger partial charge in [0.25, 0.3) is 0 Å². The lowest BCUT2D eigenvalue weighted by Crippen LogP contribution is -2.10. The highest BCUT2D eigenvalue weighted by Crippen LogP contribution is 2.21. The molecule has 0 fully saturated rings. The molecule has 24 heavy (non-hydrogen) atoms. The molecule has 0 saturated carbocycles. The van der Waals surface area contributed by atoms with Crippen LogP contribution in [0.15, 0.2) is 54.6 Å². The third-order valence-electron chi connectivity index (χ3n) is 3.70. The highest BCUT2D eigenvalue weighted by atomic mass is 19.1. The van der Waals surface area contributed by atoms with Crippen molar-refractivity contribution in [2.24, 2.45) is 0 Å². The Hall–Kier alpha value is -3.08.